The van der Waals surface area contributed by atoms with Crippen LogP contribution in [0.4, 0.5) is 0 Å². The molecule has 52 heavy (non-hydrogen) atoms. The lowest BCUT2D eigenvalue weighted by atomic mass is 10.00. The summed E-state index contributed by atoms with van der Waals surface area (Å²) in [6.45, 7) is 0. The van der Waals surface area contributed by atoms with Crippen LogP contribution in [0, 0.1) is 0 Å². The Hall–Kier alpha value is -6.97. The molecule has 3 heterocycles. The Morgan fingerprint density at radius 3 is 1.85 bits per heavy atom. The number of fused-ring (bicyclic) bond motifs is 8. The fraction of sp³-hybridized carbons (Fsp3) is 0. The van der Waals surface area contributed by atoms with Crippen LogP contribution < -0.4 is 0 Å². The van der Waals surface area contributed by atoms with Gasteiger partial charge in [0.2, 0.25) is 0 Å². The normalized spacial score (nSPS) is 11.8. The van der Waals surface area contributed by atoms with Crippen LogP contribution >= 0.6 is 0 Å². The lowest BCUT2D eigenvalue weighted by molar-refractivity contribution is 1.10. The lowest BCUT2D eigenvalue weighted by Gasteiger charge is -2.14. The molecule has 11 rings (SSSR count). The Labute approximate surface area is 300 Å². The summed E-state index contributed by atoms with van der Waals surface area (Å²) >= 11 is 0. The van der Waals surface area contributed by atoms with E-state index in [4.69, 9.17) is 4.98 Å². The van der Waals surface area contributed by atoms with Crippen LogP contribution in [0.2, 0.25) is 0 Å². The van der Waals surface area contributed by atoms with Gasteiger partial charge in [-0.1, -0.05) is 146 Å². The van der Waals surface area contributed by atoms with E-state index in [1.807, 2.05) is 0 Å². The minimum absolute atomic E-state index is 0.907. The van der Waals surface area contributed by atoms with E-state index in [0.717, 1.165) is 39.0 Å². The lowest BCUT2D eigenvalue weighted by Crippen LogP contribution is -1.99. The molecule has 0 radical (unpaired) electrons. The molecule has 0 spiro atoms. The van der Waals surface area contributed by atoms with Crippen molar-refractivity contribution in [2.75, 3.05) is 0 Å². The van der Waals surface area contributed by atoms with Crippen LogP contribution in [-0.4, -0.2) is 14.1 Å². The number of benzene rings is 8. The molecule has 3 heteroatoms. The minimum Gasteiger partial charge on any atom is -0.309 e. The van der Waals surface area contributed by atoms with Gasteiger partial charge in [-0.3, -0.25) is 4.57 Å². The molecule has 0 fully saturated rings. The fourth-order valence-electron chi connectivity index (χ4n) is 8.35. The van der Waals surface area contributed by atoms with Crippen LogP contribution in [0.1, 0.15) is 0 Å². The van der Waals surface area contributed by atoms with Crippen molar-refractivity contribution in [3.8, 4) is 33.8 Å². The Kier molecular flexibility index (Phi) is 6.25. The average molecular weight is 662 g/mol. The van der Waals surface area contributed by atoms with Crippen LogP contribution in [0.15, 0.2) is 188 Å². The maximum absolute atomic E-state index is 5.32. The van der Waals surface area contributed by atoms with Crippen molar-refractivity contribution >= 4 is 65.3 Å². The van der Waals surface area contributed by atoms with E-state index >= 15 is 0 Å². The molecular formula is C49H31N3. The van der Waals surface area contributed by atoms with Gasteiger partial charge in [0.05, 0.1) is 27.6 Å². The molecule has 0 N–H and O–H groups in total. The van der Waals surface area contributed by atoms with Gasteiger partial charge < -0.3 is 4.57 Å². The highest BCUT2D eigenvalue weighted by Gasteiger charge is 2.20. The summed E-state index contributed by atoms with van der Waals surface area (Å²) in [5, 5.41) is 8.52. The Morgan fingerprint density at radius 1 is 0.346 bits per heavy atom. The van der Waals surface area contributed by atoms with Crippen molar-refractivity contribution in [2.45, 2.75) is 0 Å². The zero-order chi connectivity index (χ0) is 34.2. The number of rotatable bonds is 4. The standard InChI is InChI=1S/C49H31N3/c1-2-14-33(15-3-1)43-31-48(50-44-22-9-6-17-38(43)44)52-46-24-11-7-18-39(46)41-28-26-35(30-47(41)52)37-20-12-21-42-40-19-8-10-23-45(40)51(49(37)42)36-27-25-32-13-4-5-16-34(32)29-36/h1-31H. The molecule has 0 amide bonds. The van der Waals surface area contributed by atoms with Gasteiger partial charge in [-0.25, -0.2) is 4.98 Å². The number of aromatic nitrogens is 3. The zero-order valence-electron chi connectivity index (χ0n) is 28.2. The van der Waals surface area contributed by atoms with E-state index < -0.39 is 0 Å². The smallest absolute Gasteiger partial charge is 0.138 e. The number of para-hydroxylation sites is 4. The third-order valence-electron chi connectivity index (χ3n) is 10.7. The van der Waals surface area contributed by atoms with Crippen LogP contribution in [0.3, 0.4) is 0 Å². The largest absolute Gasteiger partial charge is 0.309 e. The molecule has 0 atom stereocenters. The van der Waals surface area contributed by atoms with Crippen LogP contribution in [0.25, 0.3) is 99.0 Å². The van der Waals surface area contributed by atoms with Crippen molar-refractivity contribution in [1.29, 1.82) is 0 Å². The van der Waals surface area contributed by atoms with Gasteiger partial charge in [0.25, 0.3) is 0 Å². The summed E-state index contributed by atoms with van der Waals surface area (Å²) in [6.07, 6.45) is 0. The summed E-state index contributed by atoms with van der Waals surface area (Å²) in [5.41, 5.74) is 11.5. The quantitative estimate of drug-likeness (QED) is 0.184. The van der Waals surface area contributed by atoms with Gasteiger partial charge in [0.15, 0.2) is 0 Å². The van der Waals surface area contributed by atoms with Crippen molar-refractivity contribution in [1.82, 2.24) is 14.1 Å². The van der Waals surface area contributed by atoms with E-state index in [-0.39, 0.29) is 0 Å². The van der Waals surface area contributed by atoms with Gasteiger partial charge in [-0.05, 0) is 69.9 Å². The van der Waals surface area contributed by atoms with Crippen LogP contribution in [0.5, 0.6) is 0 Å². The number of nitrogens with zero attached hydrogens (tertiary/aromatic N) is 3. The highest BCUT2D eigenvalue weighted by atomic mass is 15.1. The van der Waals surface area contributed by atoms with Crippen molar-refractivity contribution in [3.05, 3.63) is 188 Å². The van der Waals surface area contributed by atoms with E-state index in [0.29, 0.717) is 0 Å². The van der Waals surface area contributed by atoms with Gasteiger partial charge in [-0.15, -0.1) is 0 Å². The summed E-state index contributed by atoms with van der Waals surface area (Å²) < 4.78 is 4.80. The zero-order valence-corrected chi connectivity index (χ0v) is 28.2. The molecule has 0 saturated heterocycles. The highest BCUT2D eigenvalue weighted by molar-refractivity contribution is 6.15. The van der Waals surface area contributed by atoms with E-state index in [1.165, 1.54) is 60.0 Å². The van der Waals surface area contributed by atoms with E-state index in [1.54, 1.807) is 0 Å². The minimum atomic E-state index is 0.907. The topological polar surface area (TPSA) is 22.8 Å². The van der Waals surface area contributed by atoms with Gasteiger partial charge in [0.1, 0.15) is 5.82 Å². The molecule has 0 aliphatic carbocycles. The number of pyridine rings is 1. The molecule has 0 saturated carbocycles. The molecule has 3 nitrogen and oxygen atoms in total. The summed E-state index contributed by atoms with van der Waals surface area (Å²) in [7, 11) is 0. The molecule has 0 aliphatic rings. The molecule has 0 aliphatic heterocycles. The average Bonchev–Trinajstić information content (AvgIpc) is 3.73. The maximum atomic E-state index is 5.32. The van der Waals surface area contributed by atoms with E-state index in [9.17, 15) is 0 Å². The molecule has 11 aromatic rings. The Morgan fingerprint density at radius 2 is 1.00 bits per heavy atom. The molecule has 242 valence electrons. The van der Waals surface area contributed by atoms with Crippen molar-refractivity contribution in [3.63, 3.8) is 0 Å². The number of hydrogen-bond acceptors (Lipinski definition) is 1. The first-order valence-corrected chi connectivity index (χ1v) is 17.8. The summed E-state index contributed by atoms with van der Waals surface area (Å²) in [6, 6.07) is 67.9. The molecular weight excluding hydrogens is 631 g/mol. The van der Waals surface area contributed by atoms with Gasteiger partial charge in [0, 0.05) is 38.2 Å². The molecule has 0 bridgehead atoms. The summed E-state index contributed by atoms with van der Waals surface area (Å²) in [5.74, 6) is 0.907. The predicted octanol–water partition coefficient (Wildman–Crippen LogP) is 12.9. The molecule has 3 aromatic heterocycles. The first-order valence-electron chi connectivity index (χ1n) is 17.8. The third kappa shape index (κ3) is 4.30. The van der Waals surface area contributed by atoms with E-state index in [2.05, 4.69) is 197 Å². The SMILES string of the molecule is c1ccc(-c2cc(-n3c4ccccc4c4ccc(-c5cccc6c7ccccc7n(-c7ccc8ccccc8c7)c56)cc43)nc3ccccc23)cc1. The van der Waals surface area contributed by atoms with Gasteiger partial charge >= 0.3 is 0 Å². The second kappa shape index (κ2) is 11.3. The summed E-state index contributed by atoms with van der Waals surface area (Å²) in [4.78, 5) is 5.32. The van der Waals surface area contributed by atoms with Crippen molar-refractivity contribution < 1.29 is 0 Å². The highest BCUT2D eigenvalue weighted by Crippen LogP contribution is 2.41. The fourth-order valence-corrected chi connectivity index (χ4v) is 8.35. The third-order valence-corrected chi connectivity index (χ3v) is 10.7. The Bertz CT molecular complexity index is 3180. The second-order valence-corrected chi connectivity index (χ2v) is 13.6. The molecule has 8 aromatic carbocycles. The van der Waals surface area contributed by atoms with Crippen molar-refractivity contribution in [2.24, 2.45) is 0 Å². The van der Waals surface area contributed by atoms with Gasteiger partial charge in [-0.2, -0.15) is 0 Å². The Balaban J connectivity index is 1.20. The molecule has 0 unspecified atom stereocenters. The second-order valence-electron chi connectivity index (χ2n) is 13.6. The number of hydrogen-bond donors (Lipinski definition) is 0. The monoisotopic (exact) mass is 661 g/mol. The first-order chi connectivity index (χ1) is 25.8. The first kappa shape index (κ1) is 28.8. The predicted molar refractivity (Wildman–Crippen MR) is 219 cm³/mol. The maximum Gasteiger partial charge on any atom is 0.138 e. The van der Waals surface area contributed by atoms with Crippen LogP contribution in [-0.2, 0) is 0 Å².